The second-order valence-corrected chi connectivity index (χ2v) is 5.72. The fourth-order valence-electron chi connectivity index (χ4n) is 2.64. The Kier molecular flexibility index (Phi) is 6.48. The highest BCUT2D eigenvalue weighted by Crippen LogP contribution is 2.17. The lowest BCUT2D eigenvalue weighted by Crippen LogP contribution is -2.42. The summed E-state index contributed by atoms with van der Waals surface area (Å²) in [7, 11) is 0. The van der Waals surface area contributed by atoms with Crippen LogP contribution < -0.4 is 16.3 Å². The molecule has 2 rings (SSSR count). The lowest BCUT2D eigenvalue weighted by atomic mass is 10.1. The van der Waals surface area contributed by atoms with E-state index >= 15 is 0 Å². The molecule has 1 aliphatic heterocycles. The zero-order valence-electron chi connectivity index (χ0n) is 13.0. The van der Waals surface area contributed by atoms with Gasteiger partial charge in [-0.1, -0.05) is 18.6 Å². The molecule has 1 saturated heterocycles. The third kappa shape index (κ3) is 5.54. The smallest absolute Gasteiger partial charge is 0.328 e. The maximum absolute atomic E-state index is 10.8. The second kappa shape index (κ2) is 8.60. The molecule has 0 aliphatic carbocycles. The van der Waals surface area contributed by atoms with Gasteiger partial charge < -0.3 is 10.5 Å². The monoisotopic (exact) mass is 306 g/mol. The number of nitrogens with two attached hydrogens (primary N) is 2. The molecule has 6 heteroatoms. The van der Waals surface area contributed by atoms with Crippen LogP contribution in [0.2, 0.25) is 0 Å². The Labute approximate surface area is 132 Å². The first-order valence-electron chi connectivity index (χ1n) is 7.91. The third-order valence-electron chi connectivity index (χ3n) is 3.85. The minimum Gasteiger partial charge on any atom is -0.494 e. The summed E-state index contributed by atoms with van der Waals surface area (Å²) in [6.45, 7) is 4.25. The summed E-state index contributed by atoms with van der Waals surface area (Å²) in [5, 5.41) is 0.996. The van der Waals surface area contributed by atoms with Gasteiger partial charge in [-0.2, -0.15) is 0 Å². The SMILES string of the molecule is NC(=O)N(N)CCCOc1cccc(CN2CCCCC2)c1. The Bertz CT molecular complexity index is 475. The molecular weight excluding hydrogens is 280 g/mol. The summed E-state index contributed by atoms with van der Waals surface area (Å²) in [6, 6.07) is 7.57. The van der Waals surface area contributed by atoms with E-state index in [-0.39, 0.29) is 0 Å². The van der Waals surface area contributed by atoms with Gasteiger partial charge >= 0.3 is 6.03 Å². The number of urea groups is 1. The van der Waals surface area contributed by atoms with Crippen LogP contribution in [-0.4, -0.2) is 42.2 Å². The van der Waals surface area contributed by atoms with Crippen LogP contribution in [0.25, 0.3) is 0 Å². The van der Waals surface area contributed by atoms with Crippen molar-refractivity contribution in [1.82, 2.24) is 9.91 Å². The Hall–Kier alpha value is -1.79. The molecule has 4 N–H and O–H groups in total. The number of carbonyl (C=O) groups excluding carboxylic acids is 1. The number of likely N-dealkylation sites (tertiary alicyclic amines) is 1. The number of hydrogen-bond donors (Lipinski definition) is 2. The summed E-state index contributed by atoms with van der Waals surface area (Å²) in [5.41, 5.74) is 6.33. The van der Waals surface area contributed by atoms with Crippen LogP contribution in [0.1, 0.15) is 31.2 Å². The highest BCUT2D eigenvalue weighted by molar-refractivity contribution is 5.71. The van der Waals surface area contributed by atoms with Crippen LogP contribution in [0.4, 0.5) is 4.79 Å². The summed E-state index contributed by atoms with van der Waals surface area (Å²) in [5.74, 6) is 6.28. The lowest BCUT2D eigenvalue weighted by molar-refractivity contribution is 0.202. The maximum atomic E-state index is 10.8. The van der Waals surface area contributed by atoms with E-state index in [0.717, 1.165) is 17.3 Å². The predicted octanol–water partition coefficient (Wildman–Crippen LogP) is 1.70. The molecule has 0 bridgehead atoms. The van der Waals surface area contributed by atoms with E-state index in [2.05, 4.69) is 17.0 Å². The number of amides is 2. The largest absolute Gasteiger partial charge is 0.494 e. The maximum Gasteiger partial charge on any atom is 0.328 e. The van der Waals surface area contributed by atoms with Crippen molar-refractivity contribution in [3.05, 3.63) is 29.8 Å². The molecule has 0 radical (unpaired) electrons. The number of piperidine rings is 1. The highest BCUT2D eigenvalue weighted by Gasteiger charge is 2.10. The van der Waals surface area contributed by atoms with E-state index < -0.39 is 6.03 Å². The first kappa shape index (κ1) is 16.6. The Morgan fingerprint density at radius 2 is 2.05 bits per heavy atom. The number of carbonyl (C=O) groups is 1. The van der Waals surface area contributed by atoms with Crippen molar-refractivity contribution in [2.24, 2.45) is 11.6 Å². The van der Waals surface area contributed by atoms with E-state index in [0.29, 0.717) is 19.6 Å². The van der Waals surface area contributed by atoms with Crippen LogP contribution in [0, 0.1) is 0 Å². The molecule has 1 fully saturated rings. The van der Waals surface area contributed by atoms with Crippen LogP contribution in [0.3, 0.4) is 0 Å². The molecule has 0 unspecified atom stereocenters. The molecule has 0 atom stereocenters. The quantitative estimate of drug-likeness (QED) is 0.347. The zero-order chi connectivity index (χ0) is 15.8. The molecule has 6 nitrogen and oxygen atoms in total. The third-order valence-corrected chi connectivity index (χ3v) is 3.85. The minimum absolute atomic E-state index is 0.392. The zero-order valence-corrected chi connectivity index (χ0v) is 13.0. The van der Waals surface area contributed by atoms with E-state index in [9.17, 15) is 4.79 Å². The average molecular weight is 306 g/mol. The molecular formula is C16H26N4O2. The number of hydrazine groups is 1. The first-order valence-corrected chi connectivity index (χ1v) is 7.91. The van der Waals surface area contributed by atoms with Crippen LogP contribution in [0.15, 0.2) is 24.3 Å². The van der Waals surface area contributed by atoms with Gasteiger partial charge in [0, 0.05) is 19.5 Å². The Morgan fingerprint density at radius 1 is 1.27 bits per heavy atom. The molecule has 0 saturated carbocycles. The van der Waals surface area contributed by atoms with Gasteiger partial charge in [0.05, 0.1) is 6.61 Å². The fraction of sp³-hybridized carbons (Fsp3) is 0.562. The molecule has 0 aromatic heterocycles. The number of ether oxygens (including phenoxy) is 1. The fourth-order valence-corrected chi connectivity index (χ4v) is 2.64. The molecule has 2 amide bonds. The van der Waals surface area contributed by atoms with Gasteiger partial charge in [-0.15, -0.1) is 0 Å². The standard InChI is InChI=1S/C16H26N4O2/c17-16(21)20(18)10-5-11-22-15-7-4-6-14(12-15)13-19-8-2-1-3-9-19/h4,6-7,12H,1-3,5,8-11,13,18H2,(H2,17,21). The lowest BCUT2D eigenvalue weighted by Gasteiger charge is -2.26. The number of hydrogen-bond acceptors (Lipinski definition) is 4. The van der Waals surface area contributed by atoms with Crippen LogP contribution >= 0.6 is 0 Å². The summed E-state index contributed by atoms with van der Waals surface area (Å²) < 4.78 is 5.71. The van der Waals surface area contributed by atoms with Gasteiger partial charge in [-0.3, -0.25) is 9.91 Å². The molecule has 1 heterocycles. The van der Waals surface area contributed by atoms with Gasteiger partial charge in [0.1, 0.15) is 5.75 Å². The molecule has 0 spiro atoms. The molecule has 1 aromatic rings. The average Bonchev–Trinajstić information content (AvgIpc) is 2.52. The molecule has 1 aliphatic rings. The predicted molar refractivity (Wildman–Crippen MR) is 86.2 cm³/mol. The van der Waals surface area contributed by atoms with Crippen molar-refractivity contribution in [1.29, 1.82) is 0 Å². The topological polar surface area (TPSA) is 84.8 Å². The van der Waals surface area contributed by atoms with Crippen molar-refractivity contribution in [2.45, 2.75) is 32.2 Å². The van der Waals surface area contributed by atoms with E-state index in [4.69, 9.17) is 16.3 Å². The van der Waals surface area contributed by atoms with E-state index in [1.54, 1.807) is 0 Å². The van der Waals surface area contributed by atoms with Crippen LogP contribution in [0.5, 0.6) is 5.75 Å². The van der Waals surface area contributed by atoms with Crippen molar-refractivity contribution in [3.8, 4) is 5.75 Å². The Balaban J connectivity index is 1.74. The first-order chi connectivity index (χ1) is 10.6. The normalized spacial score (nSPS) is 15.5. The van der Waals surface area contributed by atoms with Crippen molar-refractivity contribution < 1.29 is 9.53 Å². The number of rotatable bonds is 7. The van der Waals surface area contributed by atoms with Crippen molar-refractivity contribution in [2.75, 3.05) is 26.2 Å². The van der Waals surface area contributed by atoms with Crippen molar-refractivity contribution >= 4 is 6.03 Å². The number of primary amides is 1. The summed E-state index contributed by atoms with van der Waals surface area (Å²) >= 11 is 0. The van der Waals surface area contributed by atoms with Gasteiger partial charge in [0.25, 0.3) is 0 Å². The van der Waals surface area contributed by atoms with Gasteiger partial charge in [-0.25, -0.2) is 10.6 Å². The molecule has 1 aromatic carbocycles. The number of nitrogens with zero attached hydrogens (tertiary/aromatic N) is 2. The number of benzene rings is 1. The van der Waals surface area contributed by atoms with Crippen LogP contribution in [-0.2, 0) is 6.54 Å². The summed E-state index contributed by atoms with van der Waals surface area (Å²) in [6.07, 6.45) is 4.59. The summed E-state index contributed by atoms with van der Waals surface area (Å²) in [4.78, 5) is 13.3. The van der Waals surface area contributed by atoms with E-state index in [1.807, 2.05) is 12.1 Å². The van der Waals surface area contributed by atoms with Gasteiger partial charge in [0.15, 0.2) is 0 Å². The Morgan fingerprint density at radius 3 is 2.77 bits per heavy atom. The minimum atomic E-state index is -0.622. The van der Waals surface area contributed by atoms with Crippen molar-refractivity contribution in [3.63, 3.8) is 0 Å². The molecule has 22 heavy (non-hydrogen) atoms. The second-order valence-electron chi connectivity index (χ2n) is 5.72. The molecule has 122 valence electrons. The van der Waals surface area contributed by atoms with E-state index in [1.165, 1.54) is 37.9 Å². The van der Waals surface area contributed by atoms with Gasteiger partial charge in [-0.05, 0) is 43.6 Å². The van der Waals surface area contributed by atoms with Gasteiger partial charge in [0.2, 0.25) is 0 Å². The highest BCUT2D eigenvalue weighted by atomic mass is 16.5.